The zero-order valence-electron chi connectivity index (χ0n) is 13.9. The topological polar surface area (TPSA) is 73.6 Å². The fraction of sp³-hybridized carbons (Fsp3) is 0.400. The number of hydrogen-bond donors (Lipinski definition) is 1. The van der Waals surface area contributed by atoms with Crippen molar-refractivity contribution in [1.29, 1.82) is 10.5 Å². The average Bonchev–Trinajstić information content (AvgIpc) is 3.07. The molecule has 2 N–H and O–H groups in total. The van der Waals surface area contributed by atoms with Crippen molar-refractivity contribution in [3.8, 4) is 12.1 Å². The zero-order valence-corrected chi connectivity index (χ0v) is 14.7. The summed E-state index contributed by atoms with van der Waals surface area (Å²) < 4.78 is 0. The van der Waals surface area contributed by atoms with Gasteiger partial charge in [-0.25, -0.2) is 0 Å². The smallest absolute Gasteiger partial charge is 0.102 e. The second-order valence-corrected chi connectivity index (χ2v) is 7.48. The van der Waals surface area contributed by atoms with E-state index in [0.717, 1.165) is 41.7 Å². The molecule has 0 saturated heterocycles. The summed E-state index contributed by atoms with van der Waals surface area (Å²) in [6, 6.07) is 8.80. The number of thiophene rings is 1. The number of hydrogen-bond acceptors (Lipinski definition) is 4. The van der Waals surface area contributed by atoms with Gasteiger partial charge >= 0.3 is 0 Å². The van der Waals surface area contributed by atoms with Crippen LogP contribution in [0.4, 0.5) is 0 Å². The van der Waals surface area contributed by atoms with E-state index in [4.69, 9.17) is 5.73 Å². The molecule has 0 amide bonds. The Morgan fingerprint density at radius 2 is 2.04 bits per heavy atom. The van der Waals surface area contributed by atoms with E-state index >= 15 is 0 Å². The van der Waals surface area contributed by atoms with E-state index in [2.05, 4.69) is 37.3 Å². The van der Waals surface area contributed by atoms with Crippen molar-refractivity contribution in [1.82, 2.24) is 0 Å². The molecule has 0 saturated carbocycles. The first-order chi connectivity index (χ1) is 11.7. The molecule has 0 aromatic carbocycles. The number of aryl methyl sites for hydroxylation is 1. The second kappa shape index (κ2) is 7.07. The average molecular weight is 335 g/mol. The van der Waals surface area contributed by atoms with E-state index in [-0.39, 0.29) is 5.92 Å². The Morgan fingerprint density at radius 1 is 1.25 bits per heavy atom. The van der Waals surface area contributed by atoms with Gasteiger partial charge in [0.1, 0.15) is 12.1 Å². The van der Waals surface area contributed by atoms with Crippen molar-refractivity contribution >= 4 is 16.9 Å². The zero-order chi connectivity index (χ0) is 17.1. The molecule has 0 spiro atoms. The van der Waals surface area contributed by atoms with Gasteiger partial charge in [-0.15, -0.1) is 11.3 Å². The summed E-state index contributed by atoms with van der Waals surface area (Å²) in [5, 5.41) is 19.2. The van der Waals surface area contributed by atoms with Crippen LogP contribution in [0.5, 0.6) is 0 Å². The van der Waals surface area contributed by atoms with Crippen LogP contribution in [0.3, 0.4) is 0 Å². The molecule has 1 atom stereocenters. The van der Waals surface area contributed by atoms with Gasteiger partial charge < -0.3 is 5.73 Å². The van der Waals surface area contributed by atoms with Gasteiger partial charge in [-0.05, 0) is 55.4 Å². The Morgan fingerprint density at radius 3 is 2.75 bits per heavy atom. The van der Waals surface area contributed by atoms with Crippen molar-refractivity contribution in [2.24, 2.45) is 11.7 Å². The van der Waals surface area contributed by atoms with E-state index in [1.54, 1.807) is 11.3 Å². The van der Waals surface area contributed by atoms with E-state index < -0.39 is 0 Å². The first kappa shape index (κ1) is 16.6. The monoisotopic (exact) mass is 335 g/mol. The quantitative estimate of drug-likeness (QED) is 0.855. The number of rotatable bonds is 4. The van der Waals surface area contributed by atoms with E-state index in [1.165, 1.54) is 17.7 Å². The molecule has 0 fully saturated rings. The highest BCUT2D eigenvalue weighted by molar-refractivity contribution is 7.13. The maximum atomic E-state index is 9.70. The first-order valence-corrected chi connectivity index (χ1v) is 9.36. The first-order valence-electron chi connectivity index (χ1n) is 8.55. The maximum absolute atomic E-state index is 9.70. The molecule has 3 rings (SSSR count). The van der Waals surface area contributed by atoms with Crippen LogP contribution in [0.25, 0.3) is 5.57 Å². The van der Waals surface area contributed by atoms with E-state index in [0.29, 0.717) is 16.8 Å². The lowest BCUT2D eigenvalue weighted by molar-refractivity contribution is 0.613. The highest BCUT2D eigenvalue weighted by Crippen LogP contribution is 2.47. The minimum atomic E-state index is 0.132. The summed E-state index contributed by atoms with van der Waals surface area (Å²) in [7, 11) is 0. The Balaban J connectivity index is 2.12. The Labute approximate surface area is 147 Å². The molecule has 1 aromatic heterocycles. The predicted molar refractivity (Wildman–Crippen MR) is 97.7 cm³/mol. The number of nitrogens with zero attached hydrogens (tertiary/aromatic N) is 2. The van der Waals surface area contributed by atoms with E-state index in [1.807, 2.05) is 0 Å². The van der Waals surface area contributed by atoms with Gasteiger partial charge in [-0.3, -0.25) is 0 Å². The summed E-state index contributed by atoms with van der Waals surface area (Å²) in [5.41, 5.74) is 9.62. The van der Waals surface area contributed by atoms with Gasteiger partial charge in [-0.2, -0.15) is 10.5 Å². The van der Waals surface area contributed by atoms with Crippen molar-refractivity contribution in [2.45, 2.75) is 45.4 Å². The molecule has 2 aliphatic rings. The van der Waals surface area contributed by atoms with Crippen LogP contribution in [0, 0.1) is 28.6 Å². The van der Waals surface area contributed by atoms with E-state index in [9.17, 15) is 10.5 Å². The number of fused-ring (bicyclic) bond motifs is 1. The number of unbranched alkanes of at least 4 members (excludes halogenated alkanes) is 1. The molecule has 1 unspecified atom stereocenters. The van der Waals surface area contributed by atoms with Gasteiger partial charge in [0.25, 0.3) is 0 Å². The molecule has 0 radical (unpaired) electrons. The van der Waals surface area contributed by atoms with Crippen LogP contribution < -0.4 is 5.73 Å². The minimum absolute atomic E-state index is 0.132. The van der Waals surface area contributed by atoms with Gasteiger partial charge in [0.05, 0.1) is 16.8 Å². The molecule has 122 valence electrons. The third-order valence-corrected chi connectivity index (χ3v) is 5.99. The van der Waals surface area contributed by atoms with Crippen LogP contribution in [0.1, 0.15) is 48.8 Å². The summed E-state index contributed by atoms with van der Waals surface area (Å²) in [5.74, 6) is 0.132. The predicted octanol–water partition coefficient (Wildman–Crippen LogP) is 4.84. The highest BCUT2D eigenvalue weighted by atomic mass is 32.1. The summed E-state index contributed by atoms with van der Waals surface area (Å²) in [6.07, 6.45) is 8.62. The normalized spacial score (nSPS) is 20.3. The third-order valence-electron chi connectivity index (χ3n) is 4.81. The number of allylic oxidation sites excluding steroid dienone is 5. The largest absolute Gasteiger partial charge is 0.397 e. The Bertz CT molecular complexity index is 824. The molecule has 4 heteroatoms. The molecule has 1 aromatic rings. The van der Waals surface area contributed by atoms with Crippen molar-refractivity contribution < 1.29 is 0 Å². The number of nitriles is 2. The van der Waals surface area contributed by atoms with Crippen LogP contribution in [0.2, 0.25) is 0 Å². The fourth-order valence-electron chi connectivity index (χ4n) is 3.60. The van der Waals surface area contributed by atoms with Crippen molar-refractivity contribution in [3.63, 3.8) is 0 Å². The van der Waals surface area contributed by atoms with Gasteiger partial charge in [0.2, 0.25) is 0 Å². The highest BCUT2D eigenvalue weighted by Gasteiger charge is 2.34. The standard InChI is InChI=1S/C20H21N3S/c1-2-3-6-13-9-10-18(24-13)19-15-8-5-4-7-14(15)16(11-21)20(23)17(19)12-22/h7,9-10,15H,2-6,8,23H2,1H3. The third kappa shape index (κ3) is 2.79. The number of nitrogens with two attached hydrogens (primary N) is 1. The maximum Gasteiger partial charge on any atom is 0.102 e. The van der Waals surface area contributed by atoms with Crippen molar-refractivity contribution in [2.75, 3.05) is 0 Å². The molecule has 0 bridgehead atoms. The lowest BCUT2D eigenvalue weighted by Gasteiger charge is -2.31. The van der Waals surface area contributed by atoms with Gasteiger partial charge in [0, 0.05) is 15.7 Å². The lowest BCUT2D eigenvalue weighted by Crippen LogP contribution is -2.22. The molecule has 24 heavy (non-hydrogen) atoms. The molecule has 1 heterocycles. The summed E-state index contributed by atoms with van der Waals surface area (Å²) in [4.78, 5) is 2.49. The molecule has 2 aliphatic carbocycles. The SMILES string of the molecule is CCCCc1ccc(C2=C(C#N)C(N)=C(C#N)C3=CCCCC32)s1. The molecule has 0 aliphatic heterocycles. The Kier molecular flexibility index (Phi) is 4.88. The van der Waals surface area contributed by atoms with Crippen LogP contribution >= 0.6 is 11.3 Å². The van der Waals surface area contributed by atoms with Gasteiger partial charge in [0.15, 0.2) is 0 Å². The summed E-state index contributed by atoms with van der Waals surface area (Å²) >= 11 is 1.77. The van der Waals surface area contributed by atoms with Crippen LogP contribution in [0.15, 0.2) is 40.6 Å². The molecular weight excluding hydrogens is 314 g/mol. The lowest BCUT2D eigenvalue weighted by atomic mass is 9.72. The minimum Gasteiger partial charge on any atom is -0.397 e. The van der Waals surface area contributed by atoms with Crippen molar-refractivity contribution in [3.05, 3.63) is 50.4 Å². The molecule has 3 nitrogen and oxygen atoms in total. The second-order valence-electron chi connectivity index (χ2n) is 6.31. The van der Waals surface area contributed by atoms with Gasteiger partial charge in [-0.1, -0.05) is 19.4 Å². The molecular formula is C20H21N3S. The Hall–Kier alpha value is -2.30. The summed E-state index contributed by atoms with van der Waals surface area (Å²) in [6.45, 7) is 2.19. The fourth-order valence-corrected chi connectivity index (χ4v) is 4.76. The van der Waals surface area contributed by atoms with Crippen LogP contribution in [-0.4, -0.2) is 0 Å². The van der Waals surface area contributed by atoms with Crippen LogP contribution in [-0.2, 0) is 6.42 Å².